The second-order valence-electron chi connectivity index (χ2n) is 5.81. The molecule has 0 spiro atoms. The van der Waals surface area contributed by atoms with Crippen LogP contribution < -0.4 is 10.6 Å². The van der Waals surface area contributed by atoms with Crippen LogP contribution in [-0.4, -0.2) is 63.3 Å². The molecule has 0 aliphatic carbocycles. The summed E-state index contributed by atoms with van der Waals surface area (Å²) in [5, 5.41) is 6.68. The summed E-state index contributed by atoms with van der Waals surface area (Å²) >= 11 is 0. The first-order chi connectivity index (χ1) is 10.3. The van der Waals surface area contributed by atoms with Gasteiger partial charge in [-0.2, -0.15) is 0 Å². The van der Waals surface area contributed by atoms with Crippen LogP contribution in [0.1, 0.15) is 40.0 Å². The highest BCUT2D eigenvalue weighted by Crippen LogP contribution is 2.10. The number of nitrogens with one attached hydrogen (secondary N) is 2. The molecule has 0 saturated carbocycles. The average molecular weight is 426 g/mol. The minimum Gasteiger partial charge on any atom is -0.382 e. The molecule has 1 unspecified atom stereocenters. The Balaban J connectivity index is 0.00000441. The van der Waals surface area contributed by atoms with Gasteiger partial charge in [0.1, 0.15) is 0 Å². The van der Waals surface area contributed by atoms with Gasteiger partial charge in [-0.25, -0.2) is 0 Å². The van der Waals surface area contributed by atoms with Crippen molar-refractivity contribution in [3.05, 3.63) is 0 Å². The fraction of sp³-hybridized carbons (Fsp3) is 0.938. The van der Waals surface area contributed by atoms with Gasteiger partial charge in [-0.15, -0.1) is 24.0 Å². The Morgan fingerprint density at radius 2 is 1.95 bits per heavy atom. The van der Waals surface area contributed by atoms with Crippen molar-refractivity contribution in [1.82, 2.24) is 15.5 Å². The smallest absolute Gasteiger partial charge is 0.191 e. The zero-order chi connectivity index (χ0) is 15.3. The Morgan fingerprint density at radius 1 is 1.23 bits per heavy atom. The van der Waals surface area contributed by atoms with E-state index in [4.69, 9.17) is 9.73 Å². The maximum Gasteiger partial charge on any atom is 0.191 e. The van der Waals surface area contributed by atoms with Crippen molar-refractivity contribution in [2.45, 2.75) is 40.0 Å². The first kappa shape index (κ1) is 21.9. The van der Waals surface area contributed by atoms with E-state index >= 15 is 0 Å². The number of guanidine groups is 1. The number of halogens is 1. The highest BCUT2D eigenvalue weighted by atomic mass is 127. The third kappa shape index (κ3) is 10.6. The molecule has 1 saturated heterocycles. The quantitative estimate of drug-likeness (QED) is 0.244. The number of aliphatic imine (C=N–C) groups is 1. The van der Waals surface area contributed by atoms with Gasteiger partial charge >= 0.3 is 0 Å². The molecule has 5 nitrogen and oxygen atoms in total. The molecule has 1 fully saturated rings. The maximum atomic E-state index is 5.34. The SMILES string of the molecule is CCNC(=NCC(C)CN1CCCC1)NCCCOCC.I. The van der Waals surface area contributed by atoms with Gasteiger partial charge in [-0.3, -0.25) is 4.99 Å². The summed E-state index contributed by atoms with van der Waals surface area (Å²) < 4.78 is 5.34. The summed E-state index contributed by atoms with van der Waals surface area (Å²) in [5.74, 6) is 1.55. The molecular formula is C16H35IN4O. The van der Waals surface area contributed by atoms with E-state index < -0.39 is 0 Å². The summed E-state index contributed by atoms with van der Waals surface area (Å²) in [5.41, 5.74) is 0. The summed E-state index contributed by atoms with van der Waals surface area (Å²) in [6.07, 6.45) is 3.74. The Hall–Kier alpha value is -0.0800. The second kappa shape index (κ2) is 14.5. The molecule has 0 radical (unpaired) electrons. The summed E-state index contributed by atoms with van der Waals surface area (Å²) in [6.45, 7) is 14.4. The zero-order valence-corrected chi connectivity index (χ0v) is 16.9. The molecule has 132 valence electrons. The van der Waals surface area contributed by atoms with Crippen molar-refractivity contribution in [3.63, 3.8) is 0 Å². The molecule has 1 aliphatic heterocycles. The molecule has 2 N–H and O–H groups in total. The van der Waals surface area contributed by atoms with Crippen LogP contribution in [0, 0.1) is 5.92 Å². The monoisotopic (exact) mass is 426 g/mol. The van der Waals surface area contributed by atoms with Crippen molar-refractivity contribution >= 4 is 29.9 Å². The third-order valence-corrected chi connectivity index (χ3v) is 3.64. The number of likely N-dealkylation sites (tertiary alicyclic amines) is 1. The Labute approximate surface area is 153 Å². The lowest BCUT2D eigenvalue weighted by molar-refractivity contribution is 0.145. The fourth-order valence-corrected chi connectivity index (χ4v) is 2.58. The van der Waals surface area contributed by atoms with E-state index in [1.165, 1.54) is 32.5 Å². The first-order valence-corrected chi connectivity index (χ1v) is 8.58. The molecule has 1 aliphatic rings. The normalized spacial score (nSPS) is 17.1. The van der Waals surface area contributed by atoms with Crippen molar-refractivity contribution in [3.8, 4) is 0 Å². The number of ether oxygens (including phenoxy) is 1. The molecule has 6 heteroatoms. The van der Waals surface area contributed by atoms with Gasteiger partial charge in [0.25, 0.3) is 0 Å². The minimum absolute atomic E-state index is 0. The Bertz CT molecular complexity index is 283. The van der Waals surface area contributed by atoms with E-state index in [-0.39, 0.29) is 24.0 Å². The third-order valence-electron chi connectivity index (χ3n) is 3.64. The summed E-state index contributed by atoms with van der Waals surface area (Å²) in [4.78, 5) is 7.26. The van der Waals surface area contributed by atoms with Crippen LogP contribution in [0.15, 0.2) is 4.99 Å². The van der Waals surface area contributed by atoms with Crippen LogP contribution in [0.3, 0.4) is 0 Å². The number of hydrogen-bond donors (Lipinski definition) is 2. The lowest BCUT2D eigenvalue weighted by Gasteiger charge is -2.19. The molecule has 1 atom stereocenters. The van der Waals surface area contributed by atoms with Gasteiger partial charge in [0.2, 0.25) is 0 Å². The largest absolute Gasteiger partial charge is 0.382 e. The van der Waals surface area contributed by atoms with Crippen LogP contribution in [0.5, 0.6) is 0 Å². The van der Waals surface area contributed by atoms with Crippen LogP contribution >= 0.6 is 24.0 Å². The Kier molecular flexibility index (Phi) is 14.5. The van der Waals surface area contributed by atoms with Crippen LogP contribution in [0.25, 0.3) is 0 Å². The molecule has 0 aromatic carbocycles. The van der Waals surface area contributed by atoms with Gasteiger partial charge in [0.15, 0.2) is 5.96 Å². The zero-order valence-electron chi connectivity index (χ0n) is 14.6. The van der Waals surface area contributed by atoms with Gasteiger partial charge in [0.05, 0.1) is 0 Å². The number of rotatable bonds is 10. The molecule has 1 heterocycles. The fourth-order valence-electron chi connectivity index (χ4n) is 2.58. The molecule has 1 rings (SSSR count). The van der Waals surface area contributed by atoms with Crippen LogP contribution in [-0.2, 0) is 4.74 Å². The Morgan fingerprint density at radius 3 is 2.59 bits per heavy atom. The van der Waals surface area contributed by atoms with Crippen molar-refractivity contribution in [1.29, 1.82) is 0 Å². The lowest BCUT2D eigenvalue weighted by Crippen LogP contribution is -2.38. The van der Waals surface area contributed by atoms with Crippen molar-refractivity contribution in [2.24, 2.45) is 10.9 Å². The van der Waals surface area contributed by atoms with E-state index in [1.807, 2.05) is 6.92 Å². The molecule has 0 bridgehead atoms. The average Bonchev–Trinajstić information content (AvgIpc) is 2.97. The standard InChI is InChI=1S/C16H34N4O.HI/c1-4-17-16(18-9-8-12-21-5-2)19-13-15(3)14-20-10-6-7-11-20;/h15H,4-14H2,1-3H3,(H2,17,18,19);1H. The minimum atomic E-state index is 0. The van der Waals surface area contributed by atoms with Crippen molar-refractivity contribution < 1.29 is 4.74 Å². The molecule has 22 heavy (non-hydrogen) atoms. The van der Waals surface area contributed by atoms with Gasteiger partial charge in [-0.05, 0) is 52.1 Å². The van der Waals surface area contributed by atoms with Gasteiger partial charge in [0, 0.05) is 39.4 Å². The second-order valence-corrected chi connectivity index (χ2v) is 5.81. The van der Waals surface area contributed by atoms with Gasteiger partial charge in [-0.1, -0.05) is 6.92 Å². The highest BCUT2D eigenvalue weighted by molar-refractivity contribution is 14.0. The predicted octanol–water partition coefficient (Wildman–Crippen LogP) is 2.32. The first-order valence-electron chi connectivity index (χ1n) is 8.58. The van der Waals surface area contributed by atoms with E-state index in [9.17, 15) is 0 Å². The molecule has 0 amide bonds. The van der Waals surface area contributed by atoms with E-state index in [0.717, 1.165) is 45.2 Å². The van der Waals surface area contributed by atoms with Crippen LogP contribution in [0.2, 0.25) is 0 Å². The number of hydrogen-bond acceptors (Lipinski definition) is 3. The predicted molar refractivity (Wildman–Crippen MR) is 105 cm³/mol. The van der Waals surface area contributed by atoms with E-state index in [1.54, 1.807) is 0 Å². The summed E-state index contributed by atoms with van der Waals surface area (Å²) in [6, 6.07) is 0. The van der Waals surface area contributed by atoms with Crippen LogP contribution in [0.4, 0.5) is 0 Å². The van der Waals surface area contributed by atoms with Gasteiger partial charge < -0.3 is 20.3 Å². The molecule has 0 aromatic rings. The topological polar surface area (TPSA) is 48.9 Å². The highest BCUT2D eigenvalue weighted by Gasteiger charge is 2.14. The molecule has 0 aromatic heterocycles. The van der Waals surface area contributed by atoms with E-state index in [0.29, 0.717) is 5.92 Å². The molecular weight excluding hydrogens is 391 g/mol. The van der Waals surface area contributed by atoms with Crippen molar-refractivity contribution in [2.75, 3.05) is 52.5 Å². The maximum absolute atomic E-state index is 5.34. The van der Waals surface area contributed by atoms with E-state index in [2.05, 4.69) is 29.4 Å². The number of nitrogens with zero attached hydrogens (tertiary/aromatic N) is 2. The summed E-state index contributed by atoms with van der Waals surface area (Å²) in [7, 11) is 0. The lowest BCUT2D eigenvalue weighted by atomic mass is 10.2.